The molecule has 1 unspecified atom stereocenters. The van der Waals surface area contributed by atoms with Crippen molar-refractivity contribution in [3.05, 3.63) is 112 Å². The Bertz CT molecular complexity index is 1740. The van der Waals surface area contributed by atoms with Crippen LogP contribution in [0.15, 0.2) is 84.2 Å². The number of para-hydroxylation sites is 1. The van der Waals surface area contributed by atoms with Crippen LogP contribution in [0.4, 0.5) is 5.13 Å². The third-order valence-electron chi connectivity index (χ3n) is 7.12. The van der Waals surface area contributed by atoms with E-state index in [1.165, 1.54) is 16.9 Å². The molecular weight excluding hydrogens is 556 g/mol. The summed E-state index contributed by atoms with van der Waals surface area (Å²) in [5.41, 5.74) is 5.61. The van der Waals surface area contributed by atoms with Gasteiger partial charge in [-0.15, -0.1) is 11.3 Å². The number of nitrogens with zero attached hydrogens (tertiary/aromatic N) is 3. The van der Waals surface area contributed by atoms with Crippen LogP contribution in [0.2, 0.25) is 5.02 Å². The second-order valence-corrected chi connectivity index (χ2v) is 11.2. The van der Waals surface area contributed by atoms with E-state index in [9.17, 15) is 9.59 Å². The van der Waals surface area contributed by atoms with Crippen LogP contribution in [0.3, 0.4) is 0 Å². The Labute approximate surface area is 246 Å². The number of halogens is 1. The van der Waals surface area contributed by atoms with E-state index in [4.69, 9.17) is 21.3 Å². The summed E-state index contributed by atoms with van der Waals surface area (Å²) < 4.78 is 5.77. The van der Waals surface area contributed by atoms with Crippen LogP contribution in [-0.4, -0.2) is 39.4 Å². The van der Waals surface area contributed by atoms with Crippen LogP contribution in [0.25, 0.3) is 22.2 Å². The summed E-state index contributed by atoms with van der Waals surface area (Å²) in [6, 6.07) is 25.2. The highest BCUT2D eigenvalue weighted by molar-refractivity contribution is 7.14. The number of nitrogens with one attached hydrogen (secondary N) is 1. The third-order valence-corrected chi connectivity index (χ3v) is 8.20. The van der Waals surface area contributed by atoms with Crippen molar-refractivity contribution in [1.82, 2.24) is 14.9 Å². The van der Waals surface area contributed by atoms with Gasteiger partial charge in [0.15, 0.2) is 11.2 Å². The minimum absolute atomic E-state index is 0.399. The molecule has 0 radical (unpaired) electrons. The summed E-state index contributed by atoms with van der Waals surface area (Å²) in [6.07, 6.45) is -0.317. The van der Waals surface area contributed by atoms with Gasteiger partial charge in [0.25, 0.3) is 5.91 Å². The van der Waals surface area contributed by atoms with Crippen molar-refractivity contribution in [3.63, 3.8) is 0 Å². The van der Waals surface area contributed by atoms with E-state index in [2.05, 4.69) is 27.3 Å². The van der Waals surface area contributed by atoms with Crippen molar-refractivity contribution < 1.29 is 14.3 Å². The Morgan fingerprint density at radius 1 is 1.02 bits per heavy atom. The average molecular weight is 583 g/mol. The first-order chi connectivity index (χ1) is 20.0. The highest BCUT2D eigenvalue weighted by Gasteiger charge is 2.29. The number of fused-ring (bicyclic) bond motifs is 2. The predicted molar refractivity (Wildman–Crippen MR) is 162 cm³/mol. The fourth-order valence-electron chi connectivity index (χ4n) is 5.06. The number of amides is 1. The Kier molecular flexibility index (Phi) is 7.78. The largest absolute Gasteiger partial charge is 0.449 e. The van der Waals surface area contributed by atoms with Crippen molar-refractivity contribution in [2.45, 2.75) is 32.5 Å². The van der Waals surface area contributed by atoms with Gasteiger partial charge in [-0.1, -0.05) is 78.3 Å². The predicted octanol–water partition coefficient (Wildman–Crippen LogP) is 6.75. The number of aromatic nitrogens is 2. The van der Waals surface area contributed by atoms with E-state index in [-0.39, 0.29) is 0 Å². The fourth-order valence-corrected chi connectivity index (χ4v) is 6.01. The number of carbonyl (C=O) groups excluding carboxylic acids is 2. The van der Waals surface area contributed by atoms with Crippen molar-refractivity contribution in [3.8, 4) is 11.3 Å². The minimum Gasteiger partial charge on any atom is -0.449 e. The van der Waals surface area contributed by atoms with Crippen molar-refractivity contribution >= 4 is 50.8 Å². The molecule has 206 valence electrons. The van der Waals surface area contributed by atoms with Gasteiger partial charge in [0, 0.05) is 58.7 Å². The maximum absolute atomic E-state index is 13.7. The molecule has 2 aromatic heterocycles. The number of anilines is 1. The molecule has 1 aliphatic rings. The zero-order chi connectivity index (χ0) is 28.3. The van der Waals surface area contributed by atoms with Gasteiger partial charge < -0.3 is 4.74 Å². The number of hydrogen-bond acceptors (Lipinski definition) is 7. The molecule has 3 aromatic carbocycles. The molecule has 0 aliphatic carbocycles. The van der Waals surface area contributed by atoms with Gasteiger partial charge in [-0.3, -0.25) is 20.0 Å². The first-order valence-electron chi connectivity index (χ1n) is 13.4. The van der Waals surface area contributed by atoms with E-state index in [1.54, 1.807) is 13.0 Å². The first-order valence-corrected chi connectivity index (χ1v) is 14.6. The molecule has 3 heterocycles. The number of thiazole rings is 1. The zero-order valence-electron chi connectivity index (χ0n) is 22.3. The molecule has 41 heavy (non-hydrogen) atoms. The highest BCUT2D eigenvalue weighted by atomic mass is 35.5. The lowest BCUT2D eigenvalue weighted by molar-refractivity contribution is -0.123. The average Bonchev–Trinajstić information content (AvgIpc) is 3.44. The van der Waals surface area contributed by atoms with Gasteiger partial charge in [0.1, 0.15) is 0 Å². The normalized spacial score (nSPS) is 13.9. The van der Waals surface area contributed by atoms with Crippen molar-refractivity contribution in [2.75, 3.05) is 11.9 Å². The van der Waals surface area contributed by atoms with Crippen LogP contribution < -0.4 is 5.32 Å². The number of ether oxygens (including phenoxy) is 1. The number of benzene rings is 3. The molecule has 0 bridgehead atoms. The maximum atomic E-state index is 13.7. The second kappa shape index (κ2) is 11.8. The lowest BCUT2D eigenvalue weighted by Crippen LogP contribution is -2.34. The standard InChI is InChI=1S/C32H27ClN4O3S/c1-20(30(38)36-32-35-28(19-41-32)22-11-5-7-13-25(22)33)40-31(39)29-23-12-6-8-14-26(23)34-27-15-16-37(18-24(27)29)17-21-9-3-2-4-10-21/h2-14,19-20H,15-18H2,1H3,(H,35,36,38). The summed E-state index contributed by atoms with van der Waals surface area (Å²) in [7, 11) is 0. The zero-order valence-corrected chi connectivity index (χ0v) is 23.9. The maximum Gasteiger partial charge on any atom is 0.339 e. The minimum atomic E-state index is -1.04. The van der Waals surface area contributed by atoms with Gasteiger partial charge in [-0.2, -0.15) is 0 Å². The van der Waals surface area contributed by atoms with Gasteiger partial charge in [0.05, 0.1) is 16.8 Å². The molecule has 5 aromatic rings. The number of carbonyl (C=O) groups is 2. The molecular formula is C32H27ClN4O3S. The van der Waals surface area contributed by atoms with Crippen molar-refractivity contribution in [1.29, 1.82) is 0 Å². The van der Waals surface area contributed by atoms with Gasteiger partial charge in [-0.25, -0.2) is 9.78 Å². The molecule has 7 nitrogen and oxygen atoms in total. The molecule has 0 saturated carbocycles. The van der Waals surface area contributed by atoms with Crippen LogP contribution in [0.1, 0.15) is 34.1 Å². The van der Waals surface area contributed by atoms with Crippen LogP contribution in [-0.2, 0) is 29.0 Å². The molecule has 1 aliphatic heterocycles. The lowest BCUT2D eigenvalue weighted by Gasteiger charge is -2.30. The van der Waals surface area contributed by atoms with E-state index in [0.717, 1.165) is 47.2 Å². The monoisotopic (exact) mass is 582 g/mol. The summed E-state index contributed by atoms with van der Waals surface area (Å²) in [6.45, 7) is 3.74. The smallest absolute Gasteiger partial charge is 0.339 e. The molecule has 1 atom stereocenters. The molecule has 1 N–H and O–H groups in total. The van der Waals surface area contributed by atoms with E-state index >= 15 is 0 Å². The van der Waals surface area contributed by atoms with Crippen LogP contribution >= 0.6 is 22.9 Å². The van der Waals surface area contributed by atoms with Gasteiger partial charge in [-0.05, 0) is 24.6 Å². The molecule has 1 amide bonds. The van der Waals surface area contributed by atoms with Crippen molar-refractivity contribution in [2.24, 2.45) is 0 Å². The highest BCUT2D eigenvalue weighted by Crippen LogP contribution is 2.31. The number of pyridine rings is 1. The Balaban J connectivity index is 1.21. The topological polar surface area (TPSA) is 84.4 Å². The Morgan fingerprint density at radius 3 is 2.61 bits per heavy atom. The van der Waals surface area contributed by atoms with E-state index in [0.29, 0.717) is 28.0 Å². The number of hydrogen-bond donors (Lipinski definition) is 1. The summed E-state index contributed by atoms with van der Waals surface area (Å²) in [5.74, 6) is -1.00. The summed E-state index contributed by atoms with van der Waals surface area (Å²) >= 11 is 7.57. The third kappa shape index (κ3) is 5.86. The Hall–Kier alpha value is -4.11. The van der Waals surface area contributed by atoms with Crippen LogP contribution in [0.5, 0.6) is 0 Å². The second-order valence-electron chi connectivity index (χ2n) is 9.93. The molecule has 0 saturated heterocycles. The summed E-state index contributed by atoms with van der Waals surface area (Å²) in [4.78, 5) is 38.4. The van der Waals surface area contributed by atoms with Gasteiger partial charge >= 0.3 is 5.97 Å². The quantitative estimate of drug-likeness (QED) is 0.214. The number of esters is 1. The fraction of sp³-hybridized carbons (Fsp3) is 0.188. The Morgan fingerprint density at radius 2 is 1.78 bits per heavy atom. The molecule has 9 heteroatoms. The lowest BCUT2D eigenvalue weighted by atomic mass is 9.95. The molecule has 0 fully saturated rings. The SMILES string of the molecule is CC(OC(=O)c1c2c(nc3ccccc13)CCN(Cc1ccccc1)C2)C(=O)Nc1nc(-c2ccccc2Cl)cs1. The number of rotatable bonds is 7. The molecule has 6 rings (SSSR count). The van der Waals surface area contributed by atoms with E-state index in [1.807, 2.05) is 66.0 Å². The van der Waals surface area contributed by atoms with E-state index < -0.39 is 18.0 Å². The first kappa shape index (κ1) is 27.1. The van der Waals surface area contributed by atoms with Crippen LogP contribution in [0, 0.1) is 0 Å². The summed E-state index contributed by atoms with van der Waals surface area (Å²) in [5, 5.41) is 6.29. The molecule has 0 spiro atoms. The van der Waals surface area contributed by atoms with Gasteiger partial charge in [0.2, 0.25) is 0 Å².